The first-order valence-electron chi connectivity index (χ1n) is 5.56. The summed E-state index contributed by atoms with van der Waals surface area (Å²) in [5.41, 5.74) is 3.48. The molecule has 84 valence electrons. The van der Waals surface area contributed by atoms with Crippen molar-refractivity contribution in [3.8, 4) is 0 Å². The number of hydrogen-bond acceptors (Lipinski definition) is 1. The highest BCUT2D eigenvalue weighted by Gasteiger charge is 2.02. The second-order valence-corrected chi connectivity index (χ2v) is 3.79. The average molecular weight is 207 g/mol. The van der Waals surface area contributed by atoms with Gasteiger partial charge in [0, 0.05) is 13.5 Å². The molecule has 2 nitrogen and oxygen atoms in total. The summed E-state index contributed by atoms with van der Waals surface area (Å²) in [7, 11) is 0. The van der Waals surface area contributed by atoms with E-state index in [1.807, 2.05) is 19.1 Å². The summed E-state index contributed by atoms with van der Waals surface area (Å²) in [6.07, 6.45) is 2.52. The SMILES string of the molecule is CCCC(=O)Nc1ccc(CC)c(C)c1.[HH]. The quantitative estimate of drug-likeness (QED) is 0.803. The Morgan fingerprint density at radius 1 is 1.40 bits per heavy atom. The van der Waals surface area contributed by atoms with Gasteiger partial charge in [0.25, 0.3) is 0 Å². The smallest absolute Gasteiger partial charge is 0.224 e. The molecule has 0 heterocycles. The number of benzene rings is 1. The Morgan fingerprint density at radius 2 is 2.13 bits per heavy atom. The van der Waals surface area contributed by atoms with Gasteiger partial charge in [-0.2, -0.15) is 0 Å². The zero-order valence-corrected chi connectivity index (χ0v) is 9.76. The van der Waals surface area contributed by atoms with Crippen molar-refractivity contribution in [3.63, 3.8) is 0 Å². The number of rotatable bonds is 4. The molecule has 0 spiro atoms. The van der Waals surface area contributed by atoms with Crippen LogP contribution in [0, 0.1) is 6.92 Å². The maximum absolute atomic E-state index is 11.4. The average Bonchev–Trinajstić information content (AvgIpc) is 2.18. The van der Waals surface area contributed by atoms with Crippen molar-refractivity contribution in [1.29, 1.82) is 0 Å². The van der Waals surface area contributed by atoms with Gasteiger partial charge in [-0.05, 0) is 43.0 Å². The van der Waals surface area contributed by atoms with E-state index in [-0.39, 0.29) is 7.33 Å². The molecule has 0 bridgehead atoms. The van der Waals surface area contributed by atoms with Gasteiger partial charge in [-0.1, -0.05) is 19.9 Å². The second-order valence-electron chi connectivity index (χ2n) is 3.79. The zero-order valence-electron chi connectivity index (χ0n) is 9.76. The largest absolute Gasteiger partial charge is 0.326 e. The van der Waals surface area contributed by atoms with Gasteiger partial charge in [0.15, 0.2) is 0 Å². The molecule has 15 heavy (non-hydrogen) atoms. The van der Waals surface area contributed by atoms with E-state index >= 15 is 0 Å². The lowest BCUT2D eigenvalue weighted by Gasteiger charge is -2.08. The Bertz CT molecular complexity index is 350. The molecule has 0 radical (unpaired) electrons. The van der Waals surface area contributed by atoms with Crippen molar-refractivity contribution in [1.82, 2.24) is 0 Å². The van der Waals surface area contributed by atoms with Gasteiger partial charge in [0.05, 0.1) is 0 Å². The molecular weight excluding hydrogens is 186 g/mol. The molecule has 0 saturated heterocycles. The van der Waals surface area contributed by atoms with E-state index in [2.05, 4.69) is 25.2 Å². The van der Waals surface area contributed by atoms with Gasteiger partial charge in [-0.15, -0.1) is 0 Å². The first-order chi connectivity index (χ1) is 7.17. The van der Waals surface area contributed by atoms with E-state index in [1.54, 1.807) is 0 Å². The number of aryl methyl sites for hydroxylation is 2. The van der Waals surface area contributed by atoms with Crippen molar-refractivity contribution >= 4 is 11.6 Å². The molecule has 0 atom stereocenters. The second kappa shape index (κ2) is 5.54. The summed E-state index contributed by atoms with van der Waals surface area (Å²) in [5, 5.41) is 2.90. The van der Waals surface area contributed by atoms with Crippen molar-refractivity contribution in [2.75, 3.05) is 5.32 Å². The standard InChI is InChI=1S/C13H19NO.H2/c1-4-6-13(15)14-12-8-7-11(5-2)10(3)9-12;/h7-9H,4-6H2,1-3H3,(H,14,15);1H. The number of carbonyl (C=O) groups is 1. The van der Waals surface area contributed by atoms with Crippen LogP contribution in [0.4, 0.5) is 5.69 Å². The predicted octanol–water partition coefficient (Wildman–Crippen LogP) is 3.54. The van der Waals surface area contributed by atoms with E-state index in [1.165, 1.54) is 11.1 Å². The first kappa shape index (κ1) is 11.8. The minimum absolute atomic E-state index is 0. The molecule has 1 N–H and O–H groups in total. The number of hydrogen-bond donors (Lipinski definition) is 1. The molecule has 0 aliphatic carbocycles. The third-order valence-electron chi connectivity index (χ3n) is 2.48. The highest BCUT2D eigenvalue weighted by atomic mass is 16.1. The summed E-state index contributed by atoms with van der Waals surface area (Å²) in [4.78, 5) is 11.4. The minimum atomic E-state index is 0. The summed E-state index contributed by atoms with van der Waals surface area (Å²) >= 11 is 0. The van der Waals surface area contributed by atoms with Crippen LogP contribution in [0.2, 0.25) is 0 Å². The molecule has 0 saturated carbocycles. The Kier molecular flexibility index (Phi) is 4.35. The molecular formula is C13H21NO. The first-order valence-corrected chi connectivity index (χ1v) is 5.56. The Hall–Kier alpha value is -1.31. The van der Waals surface area contributed by atoms with Crippen LogP contribution in [0.1, 0.15) is 39.2 Å². The van der Waals surface area contributed by atoms with Gasteiger partial charge in [-0.25, -0.2) is 0 Å². The predicted molar refractivity (Wildman–Crippen MR) is 66.2 cm³/mol. The third kappa shape index (κ3) is 3.39. The molecule has 1 aromatic carbocycles. The number of carbonyl (C=O) groups excluding carboxylic acids is 1. The van der Waals surface area contributed by atoms with E-state index in [4.69, 9.17) is 0 Å². The molecule has 1 aromatic rings. The number of anilines is 1. The highest BCUT2D eigenvalue weighted by Crippen LogP contribution is 2.15. The molecule has 0 fully saturated rings. The van der Waals surface area contributed by atoms with Crippen molar-refractivity contribution < 1.29 is 6.22 Å². The van der Waals surface area contributed by atoms with Crippen LogP contribution in [-0.2, 0) is 11.2 Å². The maximum atomic E-state index is 11.4. The molecule has 0 unspecified atom stereocenters. The summed E-state index contributed by atoms with van der Waals surface area (Å²) in [6.45, 7) is 6.22. The van der Waals surface area contributed by atoms with E-state index in [0.717, 1.165) is 18.5 Å². The summed E-state index contributed by atoms with van der Waals surface area (Å²) in [6, 6.07) is 6.09. The van der Waals surface area contributed by atoms with Crippen LogP contribution in [0.25, 0.3) is 0 Å². The summed E-state index contributed by atoms with van der Waals surface area (Å²) < 4.78 is 0. The Balaban J connectivity index is 0.00000225. The van der Waals surface area contributed by atoms with Gasteiger partial charge < -0.3 is 5.32 Å². The Labute approximate surface area is 93.2 Å². The lowest BCUT2D eigenvalue weighted by atomic mass is 10.1. The highest BCUT2D eigenvalue weighted by molar-refractivity contribution is 5.90. The number of amides is 1. The van der Waals surface area contributed by atoms with Gasteiger partial charge in [0.1, 0.15) is 0 Å². The van der Waals surface area contributed by atoms with Gasteiger partial charge in [0.2, 0.25) is 5.91 Å². The van der Waals surface area contributed by atoms with Gasteiger partial charge >= 0.3 is 0 Å². The molecule has 1 amide bonds. The fraction of sp³-hybridized carbons (Fsp3) is 0.462. The van der Waals surface area contributed by atoms with Crippen LogP contribution in [0.5, 0.6) is 0 Å². The van der Waals surface area contributed by atoms with Crippen LogP contribution in [-0.4, -0.2) is 5.91 Å². The molecule has 1 rings (SSSR count). The van der Waals surface area contributed by atoms with Crippen LogP contribution < -0.4 is 5.32 Å². The molecule has 0 aromatic heterocycles. The van der Waals surface area contributed by atoms with E-state index in [0.29, 0.717) is 6.42 Å². The van der Waals surface area contributed by atoms with Crippen LogP contribution in [0.3, 0.4) is 0 Å². The monoisotopic (exact) mass is 207 g/mol. The maximum Gasteiger partial charge on any atom is 0.224 e. The normalized spacial score (nSPS) is 10.1. The fourth-order valence-corrected chi connectivity index (χ4v) is 1.62. The molecule has 2 heteroatoms. The molecule has 0 aliphatic rings. The number of nitrogens with one attached hydrogen (secondary N) is 1. The Morgan fingerprint density at radius 3 is 2.67 bits per heavy atom. The van der Waals surface area contributed by atoms with Crippen molar-refractivity contribution in [3.05, 3.63) is 29.3 Å². The van der Waals surface area contributed by atoms with Crippen molar-refractivity contribution in [2.24, 2.45) is 0 Å². The lowest BCUT2D eigenvalue weighted by molar-refractivity contribution is -0.116. The van der Waals surface area contributed by atoms with Crippen molar-refractivity contribution in [2.45, 2.75) is 40.0 Å². The fourth-order valence-electron chi connectivity index (χ4n) is 1.62. The topological polar surface area (TPSA) is 29.1 Å². The molecule has 0 aliphatic heterocycles. The van der Waals surface area contributed by atoms with E-state index in [9.17, 15) is 4.79 Å². The zero-order chi connectivity index (χ0) is 11.3. The van der Waals surface area contributed by atoms with Crippen LogP contribution in [0.15, 0.2) is 18.2 Å². The third-order valence-corrected chi connectivity index (χ3v) is 2.48. The summed E-state index contributed by atoms with van der Waals surface area (Å²) in [5.74, 6) is 0.0983. The minimum Gasteiger partial charge on any atom is -0.326 e. The van der Waals surface area contributed by atoms with E-state index < -0.39 is 0 Å². The van der Waals surface area contributed by atoms with Crippen LogP contribution >= 0.6 is 0 Å². The lowest BCUT2D eigenvalue weighted by Crippen LogP contribution is -2.10. The van der Waals surface area contributed by atoms with Gasteiger partial charge in [-0.3, -0.25) is 4.79 Å².